The fraction of sp³-hybridized carbons (Fsp3) is 0.261. The van der Waals surface area contributed by atoms with E-state index in [0.717, 1.165) is 11.3 Å². The van der Waals surface area contributed by atoms with Gasteiger partial charge in [0.2, 0.25) is 10.0 Å². The molecular weight excluding hydrogens is 416 g/mol. The van der Waals surface area contributed by atoms with E-state index in [4.69, 9.17) is 9.47 Å². The molecular formula is C23H26N2O5S. The molecule has 0 spiro atoms. The molecule has 0 aliphatic carbocycles. The number of aliphatic hydroxyl groups excluding tert-OH is 1. The summed E-state index contributed by atoms with van der Waals surface area (Å²) in [5.74, 6) is 1.90. The molecule has 0 radical (unpaired) electrons. The lowest BCUT2D eigenvalue weighted by Crippen LogP contribution is -2.24. The van der Waals surface area contributed by atoms with Crippen LogP contribution in [-0.4, -0.2) is 25.1 Å². The van der Waals surface area contributed by atoms with E-state index in [1.54, 1.807) is 50.2 Å². The van der Waals surface area contributed by atoms with Crippen molar-refractivity contribution in [2.75, 3.05) is 6.61 Å². The van der Waals surface area contributed by atoms with E-state index >= 15 is 0 Å². The van der Waals surface area contributed by atoms with Gasteiger partial charge in [0.15, 0.2) is 0 Å². The van der Waals surface area contributed by atoms with E-state index in [-0.39, 0.29) is 11.4 Å². The highest BCUT2D eigenvalue weighted by Crippen LogP contribution is 2.25. The smallest absolute Gasteiger partial charge is 0.240 e. The van der Waals surface area contributed by atoms with Crippen LogP contribution < -0.4 is 14.2 Å². The molecule has 8 heteroatoms. The van der Waals surface area contributed by atoms with E-state index in [1.807, 2.05) is 19.1 Å². The summed E-state index contributed by atoms with van der Waals surface area (Å²) >= 11 is 0. The second-order valence-corrected chi connectivity index (χ2v) is 8.72. The van der Waals surface area contributed by atoms with E-state index in [0.29, 0.717) is 29.5 Å². The Kier molecular flexibility index (Phi) is 7.27. The highest BCUT2D eigenvalue weighted by Gasteiger charge is 2.15. The summed E-state index contributed by atoms with van der Waals surface area (Å²) < 4.78 is 38.9. The molecule has 0 saturated heterocycles. The van der Waals surface area contributed by atoms with Crippen LogP contribution in [0.15, 0.2) is 65.6 Å². The Morgan fingerprint density at radius 3 is 2.10 bits per heavy atom. The molecule has 0 fully saturated rings. The molecule has 0 bridgehead atoms. The number of ether oxygens (including phenoxy) is 2. The van der Waals surface area contributed by atoms with Crippen LogP contribution in [0.25, 0.3) is 0 Å². The fourth-order valence-corrected chi connectivity index (χ4v) is 4.01. The van der Waals surface area contributed by atoms with Crippen LogP contribution in [-0.2, 0) is 16.6 Å². The summed E-state index contributed by atoms with van der Waals surface area (Å²) in [6.45, 7) is 6.00. The number of pyridine rings is 1. The Balaban J connectivity index is 1.63. The number of nitrogens with zero attached hydrogens (tertiary/aromatic N) is 1. The van der Waals surface area contributed by atoms with Gasteiger partial charge in [-0.1, -0.05) is 6.07 Å². The maximum atomic E-state index is 12.6. The molecule has 0 saturated carbocycles. The second kappa shape index (κ2) is 9.91. The van der Waals surface area contributed by atoms with E-state index in [9.17, 15) is 13.5 Å². The zero-order valence-corrected chi connectivity index (χ0v) is 18.5. The van der Waals surface area contributed by atoms with Crippen molar-refractivity contribution in [3.8, 4) is 17.2 Å². The molecule has 7 nitrogen and oxygen atoms in total. The van der Waals surface area contributed by atoms with Gasteiger partial charge >= 0.3 is 0 Å². The normalized spacial score (nSPS) is 12.4. The van der Waals surface area contributed by atoms with Gasteiger partial charge in [-0.25, -0.2) is 13.1 Å². The predicted octanol–water partition coefficient (Wildman–Crippen LogP) is 4.11. The lowest BCUT2D eigenvalue weighted by molar-refractivity contribution is 0.198. The van der Waals surface area contributed by atoms with Gasteiger partial charge in [0, 0.05) is 11.3 Å². The first-order chi connectivity index (χ1) is 14.8. The third kappa shape index (κ3) is 6.04. The summed E-state index contributed by atoms with van der Waals surface area (Å²) in [6.07, 6.45) is -0.624. The first kappa shape index (κ1) is 22.7. The average molecular weight is 443 g/mol. The Bertz CT molecular complexity index is 1110. The molecule has 1 heterocycles. The van der Waals surface area contributed by atoms with Gasteiger partial charge in [-0.05, 0) is 75.4 Å². The maximum absolute atomic E-state index is 12.6. The lowest BCUT2D eigenvalue weighted by Gasteiger charge is -2.11. The van der Waals surface area contributed by atoms with Gasteiger partial charge in [-0.15, -0.1) is 0 Å². The van der Waals surface area contributed by atoms with E-state index in [1.165, 1.54) is 12.1 Å². The van der Waals surface area contributed by atoms with Crippen LogP contribution in [0.4, 0.5) is 0 Å². The van der Waals surface area contributed by atoms with Gasteiger partial charge in [0.05, 0.1) is 29.8 Å². The Morgan fingerprint density at radius 2 is 1.55 bits per heavy atom. The summed E-state index contributed by atoms with van der Waals surface area (Å²) in [4.78, 5) is 4.48. The number of aryl methyl sites for hydroxylation is 1. The van der Waals surface area contributed by atoms with Crippen LogP contribution in [0.3, 0.4) is 0 Å². The molecule has 3 aromatic rings. The predicted molar refractivity (Wildman–Crippen MR) is 118 cm³/mol. The number of aromatic nitrogens is 1. The Labute approximate surface area is 182 Å². The minimum absolute atomic E-state index is 0.0493. The molecule has 2 N–H and O–H groups in total. The average Bonchev–Trinajstić information content (AvgIpc) is 2.74. The topological polar surface area (TPSA) is 97.8 Å². The van der Waals surface area contributed by atoms with Crippen LogP contribution in [0, 0.1) is 6.92 Å². The van der Waals surface area contributed by atoms with Gasteiger partial charge in [-0.2, -0.15) is 0 Å². The van der Waals surface area contributed by atoms with Crippen LogP contribution in [0.5, 0.6) is 17.2 Å². The van der Waals surface area contributed by atoms with Gasteiger partial charge in [0.1, 0.15) is 17.2 Å². The number of nitrogens with one attached hydrogen (secondary N) is 1. The number of rotatable bonds is 9. The summed E-state index contributed by atoms with van der Waals surface area (Å²) in [5.41, 5.74) is 1.96. The van der Waals surface area contributed by atoms with Crippen molar-refractivity contribution in [3.63, 3.8) is 0 Å². The molecule has 1 aromatic heterocycles. The first-order valence-corrected chi connectivity index (χ1v) is 11.4. The third-order valence-electron chi connectivity index (χ3n) is 4.58. The monoisotopic (exact) mass is 442 g/mol. The van der Waals surface area contributed by atoms with Crippen molar-refractivity contribution in [2.24, 2.45) is 0 Å². The zero-order valence-electron chi connectivity index (χ0n) is 17.7. The van der Waals surface area contributed by atoms with Crippen molar-refractivity contribution in [2.45, 2.75) is 38.3 Å². The van der Waals surface area contributed by atoms with Crippen LogP contribution in [0.2, 0.25) is 0 Å². The highest BCUT2D eigenvalue weighted by molar-refractivity contribution is 7.89. The molecule has 0 aliphatic heterocycles. The molecule has 0 amide bonds. The minimum atomic E-state index is -3.71. The molecule has 31 heavy (non-hydrogen) atoms. The zero-order chi connectivity index (χ0) is 22.4. The molecule has 0 unspecified atom stereocenters. The Hall–Kier alpha value is -2.94. The first-order valence-electron chi connectivity index (χ1n) is 9.93. The lowest BCUT2D eigenvalue weighted by atomic mass is 10.1. The van der Waals surface area contributed by atoms with Crippen LogP contribution in [0.1, 0.15) is 36.9 Å². The SMILES string of the molecule is CCOc1ccc(Oc2ccc(S(=O)(=O)NCc3ccc([C@@H](C)O)c(C)n3)cc2)cc1. The van der Waals surface area contributed by atoms with E-state index in [2.05, 4.69) is 9.71 Å². The number of benzene rings is 2. The van der Waals surface area contributed by atoms with Crippen molar-refractivity contribution < 1.29 is 23.0 Å². The molecule has 1 atom stereocenters. The molecule has 0 aliphatic rings. The number of hydrogen-bond donors (Lipinski definition) is 2. The van der Waals surface area contributed by atoms with Crippen molar-refractivity contribution >= 4 is 10.0 Å². The summed E-state index contributed by atoms with van der Waals surface area (Å²) in [5, 5.41) is 9.69. The largest absolute Gasteiger partial charge is 0.494 e. The maximum Gasteiger partial charge on any atom is 0.240 e. The molecule has 2 aromatic carbocycles. The van der Waals surface area contributed by atoms with Crippen molar-refractivity contribution in [3.05, 3.63) is 77.6 Å². The van der Waals surface area contributed by atoms with Gasteiger partial charge in [0.25, 0.3) is 0 Å². The minimum Gasteiger partial charge on any atom is -0.494 e. The highest BCUT2D eigenvalue weighted by atomic mass is 32.2. The van der Waals surface area contributed by atoms with Gasteiger partial charge in [-0.3, -0.25) is 4.98 Å². The molecule has 3 rings (SSSR count). The third-order valence-corrected chi connectivity index (χ3v) is 6.00. The number of sulfonamides is 1. The van der Waals surface area contributed by atoms with Gasteiger partial charge < -0.3 is 14.6 Å². The molecule has 164 valence electrons. The second-order valence-electron chi connectivity index (χ2n) is 6.96. The summed E-state index contributed by atoms with van der Waals surface area (Å²) in [7, 11) is -3.71. The number of aliphatic hydroxyl groups is 1. The summed E-state index contributed by atoms with van der Waals surface area (Å²) in [6, 6.07) is 16.8. The van der Waals surface area contributed by atoms with Crippen molar-refractivity contribution in [1.29, 1.82) is 0 Å². The van der Waals surface area contributed by atoms with Crippen LogP contribution >= 0.6 is 0 Å². The number of hydrogen-bond acceptors (Lipinski definition) is 6. The van der Waals surface area contributed by atoms with E-state index < -0.39 is 16.1 Å². The Morgan fingerprint density at radius 1 is 0.968 bits per heavy atom. The quantitative estimate of drug-likeness (QED) is 0.518. The van der Waals surface area contributed by atoms with Crippen molar-refractivity contribution in [1.82, 2.24) is 9.71 Å². The standard InChI is InChI=1S/C23H26N2O5S/c1-4-29-19-6-8-20(9-7-19)30-21-10-12-22(13-11-21)31(27,28)24-15-18-5-14-23(17(3)26)16(2)25-18/h5-14,17,24,26H,4,15H2,1-3H3/t17-/m1/s1. The fourth-order valence-electron chi connectivity index (χ4n) is 3.01.